The molecule has 2 aromatic rings. The smallest absolute Gasteiger partial charge is 0.127 e. The number of aliphatic hydroxyl groups excluding tert-OH is 1. The van der Waals surface area contributed by atoms with Crippen molar-refractivity contribution in [2.75, 3.05) is 0 Å². The van der Waals surface area contributed by atoms with Crippen LogP contribution in [0.15, 0.2) is 72.8 Å². The van der Waals surface area contributed by atoms with Gasteiger partial charge in [-0.2, -0.15) is 0 Å². The van der Waals surface area contributed by atoms with Crippen molar-refractivity contribution in [2.24, 2.45) is 0 Å². The molecule has 2 rings (SSSR count). The van der Waals surface area contributed by atoms with E-state index in [1.807, 2.05) is 73.7 Å². The Hall–Kier alpha value is -1.63. The van der Waals surface area contributed by atoms with Crippen LogP contribution in [0.25, 0.3) is 0 Å². The largest absolute Gasteiger partial charge is 0.381 e. The monoisotopic (exact) mass is 314 g/mol. The highest BCUT2D eigenvalue weighted by Crippen LogP contribution is 2.56. The van der Waals surface area contributed by atoms with Crippen LogP contribution in [-0.2, 0) is 16.9 Å². The molecule has 0 bridgehead atoms. The standard InChI is InChI=1S/C19H23O2P/c1-2-3-14-19(20)22(21,15-17-10-6-4-7-11-17)16-18-12-8-5-9-13-18/h3-14,19-20H,2,15-16H2,1H3/b14-3+. The van der Waals surface area contributed by atoms with Gasteiger partial charge in [0.05, 0.1) is 0 Å². The lowest BCUT2D eigenvalue weighted by atomic mass is 10.2. The van der Waals surface area contributed by atoms with Gasteiger partial charge in [-0.25, -0.2) is 0 Å². The van der Waals surface area contributed by atoms with Crippen molar-refractivity contribution in [3.63, 3.8) is 0 Å². The van der Waals surface area contributed by atoms with E-state index >= 15 is 0 Å². The summed E-state index contributed by atoms with van der Waals surface area (Å²) < 4.78 is 13.5. The van der Waals surface area contributed by atoms with Crippen LogP contribution in [-0.4, -0.2) is 11.0 Å². The molecule has 2 nitrogen and oxygen atoms in total. The molecule has 0 saturated heterocycles. The van der Waals surface area contributed by atoms with Gasteiger partial charge in [0.25, 0.3) is 0 Å². The second kappa shape index (κ2) is 8.12. The summed E-state index contributed by atoms with van der Waals surface area (Å²) in [4.78, 5) is 0. The number of allylic oxidation sites excluding steroid dienone is 1. The first-order valence-corrected chi connectivity index (χ1v) is 9.79. The van der Waals surface area contributed by atoms with Crippen molar-refractivity contribution in [1.82, 2.24) is 0 Å². The summed E-state index contributed by atoms with van der Waals surface area (Å²) in [5.74, 6) is -0.895. The Labute approximate surface area is 132 Å². The van der Waals surface area contributed by atoms with E-state index in [2.05, 4.69) is 0 Å². The molecule has 1 unspecified atom stereocenters. The fourth-order valence-corrected chi connectivity index (χ4v) is 5.02. The fraction of sp³-hybridized carbons (Fsp3) is 0.263. The Bertz CT molecular complexity index is 589. The number of hydrogen-bond donors (Lipinski definition) is 1. The van der Waals surface area contributed by atoms with Crippen LogP contribution in [0.2, 0.25) is 0 Å². The van der Waals surface area contributed by atoms with Gasteiger partial charge >= 0.3 is 0 Å². The minimum absolute atomic E-state index is 0.415. The molecular weight excluding hydrogens is 291 g/mol. The van der Waals surface area contributed by atoms with Crippen molar-refractivity contribution >= 4 is 7.14 Å². The Balaban J connectivity index is 2.27. The first kappa shape index (κ1) is 16.7. The molecule has 116 valence electrons. The van der Waals surface area contributed by atoms with Gasteiger partial charge in [0, 0.05) is 12.3 Å². The molecule has 1 atom stereocenters. The van der Waals surface area contributed by atoms with Crippen molar-refractivity contribution in [3.05, 3.63) is 83.9 Å². The number of aliphatic hydroxyl groups is 1. The zero-order valence-corrected chi connectivity index (χ0v) is 13.8. The third-order valence-corrected chi connectivity index (χ3v) is 6.55. The predicted molar refractivity (Wildman–Crippen MR) is 93.3 cm³/mol. The molecular formula is C19H23O2P. The predicted octanol–water partition coefficient (Wildman–Crippen LogP) is 5.03. The second-order valence-corrected chi connectivity index (χ2v) is 8.56. The molecule has 0 fully saturated rings. The zero-order chi connectivity index (χ0) is 15.8. The lowest BCUT2D eigenvalue weighted by Crippen LogP contribution is -2.09. The molecule has 0 aliphatic rings. The van der Waals surface area contributed by atoms with Crippen LogP contribution in [0.3, 0.4) is 0 Å². The summed E-state index contributed by atoms with van der Waals surface area (Å²) in [5, 5.41) is 10.5. The second-order valence-electron chi connectivity index (χ2n) is 5.49. The van der Waals surface area contributed by atoms with Crippen LogP contribution >= 0.6 is 7.14 Å². The van der Waals surface area contributed by atoms with E-state index in [0.29, 0.717) is 12.3 Å². The quantitative estimate of drug-likeness (QED) is 0.574. The normalized spacial score (nSPS) is 13.4. The molecule has 2 aromatic carbocycles. The maximum absolute atomic E-state index is 13.5. The van der Waals surface area contributed by atoms with Crippen LogP contribution in [0, 0.1) is 0 Å². The molecule has 0 heterocycles. The summed E-state index contributed by atoms with van der Waals surface area (Å²) >= 11 is 0. The molecule has 0 amide bonds. The Morgan fingerprint density at radius 3 is 1.82 bits per heavy atom. The molecule has 22 heavy (non-hydrogen) atoms. The maximum Gasteiger partial charge on any atom is 0.127 e. The van der Waals surface area contributed by atoms with E-state index in [1.54, 1.807) is 6.08 Å². The SMILES string of the molecule is CC/C=C/C(O)P(=O)(Cc1ccccc1)Cc1ccccc1. The Kier molecular flexibility index (Phi) is 6.18. The highest BCUT2D eigenvalue weighted by Gasteiger charge is 2.30. The Morgan fingerprint density at radius 1 is 0.955 bits per heavy atom. The van der Waals surface area contributed by atoms with E-state index < -0.39 is 13.0 Å². The summed E-state index contributed by atoms with van der Waals surface area (Å²) in [6.45, 7) is 2.00. The number of rotatable bonds is 7. The average Bonchev–Trinajstić information content (AvgIpc) is 2.54. The van der Waals surface area contributed by atoms with Gasteiger partial charge in [0.1, 0.15) is 13.0 Å². The van der Waals surface area contributed by atoms with Gasteiger partial charge in [0.15, 0.2) is 0 Å². The zero-order valence-electron chi connectivity index (χ0n) is 12.9. The molecule has 0 saturated carbocycles. The molecule has 0 radical (unpaired) electrons. The summed E-state index contributed by atoms with van der Waals surface area (Å²) in [7, 11) is -2.82. The van der Waals surface area contributed by atoms with Crippen molar-refractivity contribution < 1.29 is 9.67 Å². The highest BCUT2D eigenvalue weighted by atomic mass is 31.2. The molecule has 0 aliphatic carbocycles. The first-order valence-electron chi connectivity index (χ1n) is 7.64. The van der Waals surface area contributed by atoms with Crippen molar-refractivity contribution in [1.29, 1.82) is 0 Å². The van der Waals surface area contributed by atoms with Crippen LogP contribution in [0.1, 0.15) is 24.5 Å². The van der Waals surface area contributed by atoms with E-state index in [9.17, 15) is 9.67 Å². The van der Waals surface area contributed by atoms with Crippen LogP contribution < -0.4 is 0 Å². The molecule has 0 aliphatic heterocycles. The van der Waals surface area contributed by atoms with Crippen molar-refractivity contribution in [3.8, 4) is 0 Å². The topological polar surface area (TPSA) is 37.3 Å². The summed E-state index contributed by atoms with van der Waals surface area (Å²) in [6.07, 6.45) is 5.23. The van der Waals surface area contributed by atoms with Gasteiger partial charge in [-0.05, 0) is 17.5 Å². The molecule has 1 N–H and O–H groups in total. The van der Waals surface area contributed by atoms with E-state index in [4.69, 9.17) is 0 Å². The molecule has 0 spiro atoms. The highest BCUT2D eigenvalue weighted by molar-refractivity contribution is 7.63. The third kappa shape index (κ3) is 4.69. The van der Waals surface area contributed by atoms with Gasteiger partial charge < -0.3 is 9.67 Å². The maximum atomic E-state index is 13.5. The summed E-state index contributed by atoms with van der Waals surface area (Å²) in [6, 6.07) is 19.5. The van der Waals surface area contributed by atoms with E-state index in [1.165, 1.54) is 0 Å². The minimum Gasteiger partial charge on any atom is -0.381 e. The van der Waals surface area contributed by atoms with E-state index in [-0.39, 0.29) is 0 Å². The van der Waals surface area contributed by atoms with Crippen molar-refractivity contribution in [2.45, 2.75) is 31.5 Å². The lowest BCUT2D eigenvalue weighted by molar-refractivity contribution is 0.291. The van der Waals surface area contributed by atoms with E-state index in [0.717, 1.165) is 17.5 Å². The first-order chi connectivity index (χ1) is 10.6. The van der Waals surface area contributed by atoms with Gasteiger partial charge in [0.2, 0.25) is 0 Å². The summed E-state index contributed by atoms with van der Waals surface area (Å²) in [5.41, 5.74) is 2.01. The lowest BCUT2D eigenvalue weighted by Gasteiger charge is -2.22. The molecule has 3 heteroatoms. The minimum atomic E-state index is -2.82. The Morgan fingerprint density at radius 2 is 1.41 bits per heavy atom. The molecule has 0 aromatic heterocycles. The van der Waals surface area contributed by atoms with Crippen LogP contribution in [0.5, 0.6) is 0 Å². The third-order valence-electron chi connectivity index (χ3n) is 3.61. The number of hydrogen-bond acceptors (Lipinski definition) is 2. The van der Waals surface area contributed by atoms with Gasteiger partial charge in [-0.3, -0.25) is 0 Å². The van der Waals surface area contributed by atoms with Crippen LogP contribution in [0.4, 0.5) is 0 Å². The average molecular weight is 314 g/mol. The van der Waals surface area contributed by atoms with Gasteiger partial charge in [-0.15, -0.1) is 0 Å². The number of benzene rings is 2. The van der Waals surface area contributed by atoms with Gasteiger partial charge in [-0.1, -0.05) is 79.7 Å². The fourth-order valence-electron chi connectivity index (χ4n) is 2.44.